The van der Waals surface area contributed by atoms with Crippen LogP contribution in [0.1, 0.15) is 20.7 Å². The fourth-order valence-electron chi connectivity index (χ4n) is 1.81. The second-order valence-electron chi connectivity index (χ2n) is 4.25. The first-order chi connectivity index (χ1) is 9.47. The van der Waals surface area contributed by atoms with Gasteiger partial charge in [-0.3, -0.25) is 9.59 Å². The number of hydrogen-bond donors (Lipinski definition) is 4. The highest BCUT2D eigenvalue weighted by Crippen LogP contribution is 2.18. The fourth-order valence-corrected chi connectivity index (χ4v) is 1.81. The van der Waals surface area contributed by atoms with E-state index < -0.39 is 11.8 Å². The molecule has 6 heteroatoms. The Morgan fingerprint density at radius 1 is 0.950 bits per heavy atom. The molecule has 0 aliphatic carbocycles. The highest BCUT2D eigenvalue weighted by Gasteiger charge is 2.12. The maximum absolute atomic E-state index is 12.1. The van der Waals surface area contributed by atoms with Crippen LogP contribution < -0.4 is 22.5 Å². The summed E-state index contributed by atoms with van der Waals surface area (Å²) in [5.41, 5.74) is 18.2. The lowest BCUT2D eigenvalue weighted by Crippen LogP contribution is -2.18. The first-order valence-corrected chi connectivity index (χ1v) is 5.83. The molecule has 0 unspecified atom stereocenters. The number of nitrogens with one attached hydrogen (secondary N) is 1. The maximum Gasteiger partial charge on any atom is 0.255 e. The molecule has 0 aliphatic rings. The minimum atomic E-state index is -0.618. The van der Waals surface area contributed by atoms with E-state index in [1.54, 1.807) is 24.3 Å². The van der Waals surface area contributed by atoms with E-state index in [2.05, 4.69) is 5.32 Å². The normalized spacial score (nSPS) is 10.0. The van der Waals surface area contributed by atoms with E-state index in [9.17, 15) is 9.59 Å². The van der Waals surface area contributed by atoms with Gasteiger partial charge >= 0.3 is 0 Å². The maximum atomic E-state index is 12.1. The molecule has 0 atom stereocenters. The fraction of sp³-hybridized carbons (Fsp3) is 0. The smallest absolute Gasteiger partial charge is 0.255 e. The van der Waals surface area contributed by atoms with Crippen LogP contribution in [-0.4, -0.2) is 11.8 Å². The van der Waals surface area contributed by atoms with Gasteiger partial charge in [0.05, 0.1) is 11.3 Å². The van der Waals surface area contributed by atoms with Gasteiger partial charge < -0.3 is 22.5 Å². The first kappa shape index (κ1) is 13.4. The van der Waals surface area contributed by atoms with Gasteiger partial charge in [0.25, 0.3) is 11.8 Å². The zero-order chi connectivity index (χ0) is 14.7. The molecule has 102 valence electrons. The molecular formula is C14H14N4O2. The second-order valence-corrected chi connectivity index (χ2v) is 4.25. The van der Waals surface area contributed by atoms with Crippen LogP contribution in [0.25, 0.3) is 0 Å². The lowest BCUT2D eigenvalue weighted by atomic mass is 10.1. The van der Waals surface area contributed by atoms with Crippen LogP contribution in [-0.2, 0) is 0 Å². The average Bonchev–Trinajstić information content (AvgIpc) is 2.37. The zero-order valence-electron chi connectivity index (χ0n) is 10.6. The van der Waals surface area contributed by atoms with Crippen molar-refractivity contribution in [3.8, 4) is 0 Å². The topological polar surface area (TPSA) is 124 Å². The Morgan fingerprint density at radius 3 is 2.15 bits per heavy atom. The summed E-state index contributed by atoms with van der Waals surface area (Å²) in [5.74, 6) is -1.04. The summed E-state index contributed by atoms with van der Waals surface area (Å²) in [4.78, 5) is 23.4. The summed E-state index contributed by atoms with van der Waals surface area (Å²) < 4.78 is 0. The Morgan fingerprint density at radius 2 is 1.55 bits per heavy atom. The first-order valence-electron chi connectivity index (χ1n) is 5.83. The van der Waals surface area contributed by atoms with E-state index in [-0.39, 0.29) is 5.56 Å². The van der Waals surface area contributed by atoms with Crippen LogP contribution in [0.5, 0.6) is 0 Å². The van der Waals surface area contributed by atoms with Gasteiger partial charge in [-0.05, 0) is 30.3 Å². The summed E-state index contributed by atoms with van der Waals surface area (Å²) >= 11 is 0. The highest BCUT2D eigenvalue weighted by molar-refractivity contribution is 6.09. The van der Waals surface area contributed by atoms with Gasteiger partial charge in [-0.1, -0.05) is 12.1 Å². The molecular weight excluding hydrogens is 256 g/mol. The molecule has 0 aliphatic heterocycles. The minimum Gasteiger partial charge on any atom is -0.399 e. The van der Waals surface area contributed by atoms with E-state index in [4.69, 9.17) is 17.2 Å². The molecule has 0 radical (unpaired) electrons. The molecule has 2 aromatic carbocycles. The third-order valence-electron chi connectivity index (χ3n) is 2.68. The number of carbonyl (C=O) groups excluding carboxylic acids is 2. The number of para-hydroxylation sites is 1. The molecule has 0 heterocycles. The average molecular weight is 270 g/mol. The van der Waals surface area contributed by atoms with E-state index in [1.807, 2.05) is 0 Å². The van der Waals surface area contributed by atoms with Crippen molar-refractivity contribution in [2.45, 2.75) is 0 Å². The lowest BCUT2D eigenvalue weighted by molar-refractivity contribution is 0.100. The van der Waals surface area contributed by atoms with Crippen molar-refractivity contribution in [1.82, 2.24) is 0 Å². The SMILES string of the molecule is NC(=O)c1ccccc1NC(=O)c1cc(N)cc(N)c1. The molecule has 0 saturated carbocycles. The van der Waals surface area contributed by atoms with Gasteiger partial charge in [-0.25, -0.2) is 0 Å². The molecule has 2 aromatic rings. The molecule has 0 spiro atoms. The zero-order valence-corrected chi connectivity index (χ0v) is 10.6. The molecule has 0 fully saturated rings. The number of anilines is 3. The van der Waals surface area contributed by atoms with E-state index in [1.165, 1.54) is 18.2 Å². The number of benzene rings is 2. The molecule has 20 heavy (non-hydrogen) atoms. The quantitative estimate of drug-likeness (QED) is 0.625. The predicted octanol–water partition coefficient (Wildman–Crippen LogP) is 1.20. The van der Waals surface area contributed by atoms with Crippen molar-refractivity contribution < 1.29 is 9.59 Å². The largest absolute Gasteiger partial charge is 0.399 e. The molecule has 6 nitrogen and oxygen atoms in total. The van der Waals surface area contributed by atoms with Crippen LogP contribution in [0.15, 0.2) is 42.5 Å². The van der Waals surface area contributed by atoms with E-state index in [0.717, 1.165) is 0 Å². The number of rotatable bonds is 3. The van der Waals surface area contributed by atoms with Crippen molar-refractivity contribution in [3.05, 3.63) is 53.6 Å². The van der Waals surface area contributed by atoms with Gasteiger partial charge in [0.15, 0.2) is 0 Å². The number of carbonyl (C=O) groups is 2. The summed E-state index contributed by atoms with van der Waals surface area (Å²) in [6.07, 6.45) is 0. The third kappa shape index (κ3) is 2.86. The molecule has 2 amide bonds. The molecule has 7 N–H and O–H groups in total. The number of hydrogen-bond acceptors (Lipinski definition) is 4. The lowest BCUT2D eigenvalue weighted by Gasteiger charge is -2.09. The Labute approximate surface area is 115 Å². The molecule has 0 bridgehead atoms. The molecule has 0 aromatic heterocycles. The summed E-state index contributed by atoms with van der Waals surface area (Å²) in [7, 11) is 0. The van der Waals surface area contributed by atoms with Crippen molar-refractivity contribution in [2.75, 3.05) is 16.8 Å². The van der Waals surface area contributed by atoms with E-state index >= 15 is 0 Å². The third-order valence-corrected chi connectivity index (χ3v) is 2.68. The summed E-state index contributed by atoms with van der Waals surface area (Å²) in [6, 6.07) is 11.0. The Bertz CT molecular complexity index is 662. The monoisotopic (exact) mass is 270 g/mol. The molecule has 0 saturated heterocycles. The van der Waals surface area contributed by atoms with Crippen molar-refractivity contribution in [3.63, 3.8) is 0 Å². The standard InChI is InChI=1S/C14H14N4O2/c15-9-5-8(6-10(16)7-9)14(20)18-12-4-2-1-3-11(12)13(17)19/h1-7H,15-16H2,(H2,17,19)(H,18,20). The number of primary amides is 1. The van der Waals surface area contributed by atoms with Gasteiger partial charge in [-0.2, -0.15) is 0 Å². The number of amides is 2. The van der Waals surface area contributed by atoms with Crippen LogP contribution >= 0.6 is 0 Å². The minimum absolute atomic E-state index is 0.234. The van der Waals surface area contributed by atoms with Crippen LogP contribution in [0, 0.1) is 0 Å². The van der Waals surface area contributed by atoms with Gasteiger partial charge in [-0.15, -0.1) is 0 Å². The number of nitrogens with two attached hydrogens (primary N) is 3. The van der Waals surface area contributed by atoms with E-state index in [0.29, 0.717) is 22.6 Å². The highest BCUT2D eigenvalue weighted by atomic mass is 16.2. The van der Waals surface area contributed by atoms with Crippen molar-refractivity contribution >= 4 is 28.9 Å². The second kappa shape index (κ2) is 5.31. The predicted molar refractivity (Wildman–Crippen MR) is 78.2 cm³/mol. The summed E-state index contributed by atoms with van der Waals surface area (Å²) in [5, 5.41) is 2.61. The van der Waals surface area contributed by atoms with Crippen LogP contribution in [0.2, 0.25) is 0 Å². The van der Waals surface area contributed by atoms with Gasteiger partial charge in [0, 0.05) is 16.9 Å². The van der Waals surface area contributed by atoms with Crippen LogP contribution in [0.4, 0.5) is 17.1 Å². The summed E-state index contributed by atoms with van der Waals surface area (Å²) in [6.45, 7) is 0. The van der Waals surface area contributed by atoms with Crippen molar-refractivity contribution in [2.24, 2.45) is 5.73 Å². The van der Waals surface area contributed by atoms with Gasteiger partial charge in [0.2, 0.25) is 0 Å². The Balaban J connectivity index is 2.30. The van der Waals surface area contributed by atoms with Crippen LogP contribution in [0.3, 0.4) is 0 Å². The van der Waals surface area contributed by atoms with Crippen molar-refractivity contribution in [1.29, 1.82) is 0 Å². The Kier molecular flexibility index (Phi) is 3.56. The van der Waals surface area contributed by atoms with Gasteiger partial charge in [0.1, 0.15) is 0 Å². The number of nitrogen functional groups attached to an aromatic ring is 2. The molecule has 2 rings (SSSR count). The Hall–Kier alpha value is -3.02.